The summed E-state index contributed by atoms with van der Waals surface area (Å²) < 4.78 is 26.7. The molecule has 106 valence electrons. The van der Waals surface area contributed by atoms with Crippen LogP contribution < -0.4 is 16.6 Å². The molecule has 0 saturated carbocycles. The molecular formula is C13H15F2N5. The third-order valence-corrected chi connectivity index (χ3v) is 2.59. The number of rotatable bonds is 5. The molecule has 0 unspecified atom stereocenters. The second-order valence-corrected chi connectivity index (χ2v) is 4.20. The lowest BCUT2D eigenvalue weighted by molar-refractivity contribution is 0.603. The molecule has 4 N–H and O–H groups in total. The Hall–Kier alpha value is -2.28. The van der Waals surface area contributed by atoms with Crippen LogP contribution in [0.3, 0.4) is 0 Å². The summed E-state index contributed by atoms with van der Waals surface area (Å²) >= 11 is 0. The zero-order valence-electron chi connectivity index (χ0n) is 11.0. The number of hydrogen-bond acceptors (Lipinski definition) is 5. The molecule has 20 heavy (non-hydrogen) atoms. The van der Waals surface area contributed by atoms with Crippen molar-refractivity contribution in [3.05, 3.63) is 41.7 Å². The van der Waals surface area contributed by atoms with Gasteiger partial charge in [-0.05, 0) is 18.6 Å². The van der Waals surface area contributed by atoms with Gasteiger partial charge in [0.2, 0.25) is 0 Å². The maximum atomic E-state index is 13.6. The van der Waals surface area contributed by atoms with Gasteiger partial charge in [-0.2, -0.15) is 0 Å². The number of aromatic nitrogens is 2. The molecule has 0 aliphatic rings. The predicted octanol–water partition coefficient (Wildman–Crippen LogP) is 2.74. The first-order valence-electron chi connectivity index (χ1n) is 6.19. The lowest BCUT2D eigenvalue weighted by atomic mass is 10.3. The van der Waals surface area contributed by atoms with Crippen LogP contribution in [0.25, 0.3) is 0 Å². The molecule has 1 heterocycles. The van der Waals surface area contributed by atoms with Gasteiger partial charge in [0.25, 0.3) is 0 Å². The van der Waals surface area contributed by atoms with Crippen molar-refractivity contribution in [1.29, 1.82) is 0 Å². The number of hydrazine groups is 1. The molecule has 0 atom stereocenters. The Balaban J connectivity index is 2.32. The third kappa shape index (κ3) is 3.39. The minimum Gasteiger partial charge on any atom is -0.338 e. The summed E-state index contributed by atoms with van der Waals surface area (Å²) in [5.74, 6) is 5.56. The molecule has 0 fully saturated rings. The normalized spacial score (nSPS) is 10.4. The minimum atomic E-state index is -0.565. The summed E-state index contributed by atoms with van der Waals surface area (Å²) in [5, 5.41) is 2.72. The first kappa shape index (κ1) is 14.1. The van der Waals surface area contributed by atoms with Gasteiger partial charge in [0, 0.05) is 18.6 Å². The number of aryl methyl sites for hydroxylation is 1. The van der Waals surface area contributed by atoms with E-state index >= 15 is 0 Å². The van der Waals surface area contributed by atoms with Gasteiger partial charge in [-0.25, -0.2) is 24.6 Å². The van der Waals surface area contributed by atoms with E-state index in [9.17, 15) is 8.78 Å². The Morgan fingerprint density at radius 1 is 1.15 bits per heavy atom. The molecular weight excluding hydrogens is 264 g/mol. The molecule has 1 aromatic carbocycles. The van der Waals surface area contributed by atoms with Crippen LogP contribution in [0.4, 0.5) is 26.1 Å². The highest BCUT2D eigenvalue weighted by atomic mass is 19.1. The maximum absolute atomic E-state index is 13.6. The van der Waals surface area contributed by atoms with E-state index in [0.29, 0.717) is 23.9 Å². The van der Waals surface area contributed by atoms with Gasteiger partial charge >= 0.3 is 0 Å². The van der Waals surface area contributed by atoms with Crippen molar-refractivity contribution < 1.29 is 8.78 Å². The number of hydrogen-bond donors (Lipinski definition) is 3. The van der Waals surface area contributed by atoms with Crippen LogP contribution in [-0.2, 0) is 6.42 Å². The van der Waals surface area contributed by atoms with Gasteiger partial charge in [-0.3, -0.25) is 0 Å². The van der Waals surface area contributed by atoms with Gasteiger partial charge in [0.1, 0.15) is 29.1 Å². The Labute approximate surface area is 115 Å². The number of anilines is 3. The Morgan fingerprint density at radius 3 is 2.60 bits per heavy atom. The van der Waals surface area contributed by atoms with E-state index in [1.54, 1.807) is 0 Å². The molecule has 0 bridgehead atoms. The number of nitrogens with two attached hydrogens (primary N) is 1. The molecule has 0 amide bonds. The zero-order valence-corrected chi connectivity index (χ0v) is 11.0. The topological polar surface area (TPSA) is 75.9 Å². The predicted molar refractivity (Wildman–Crippen MR) is 73.5 cm³/mol. The maximum Gasteiger partial charge on any atom is 0.146 e. The fraction of sp³-hybridized carbons (Fsp3) is 0.231. The lowest BCUT2D eigenvalue weighted by Gasteiger charge is -2.10. The second-order valence-electron chi connectivity index (χ2n) is 4.20. The fourth-order valence-electron chi connectivity index (χ4n) is 1.70. The van der Waals surface area contributed by atoms with Crippen LogP contribution in [0.15, 0.2) is 24.3 Å². The summed E-state index contributed by atoms with van der Waals surface area (Å²) in [6, 6.07) is 4.68. The smallest absolute Gasteiger partial charge is 0.146 e. The summed E-state index contributed by atoms with van der Waals surface area (Å²) in [5.41, 5.74) is 2.43. The van der Waals surface area contributed by atoms with Crippen LogP contribution in [0.5, 0.6) is 0 Å². The number of nitrogens with one attached hydrogen (secondary N) is 2. The molecule has 2 aromatic rings. The largest absolute Gasteiger partial charge is 0.338 e. The van der Waals surface area contributed by atoms with Crippen molar-refractivity contribution in [2.45, 2.75) is 19.8 Å². The van der Waals surface area contributed by atoms with Gasteiger partial charge in [-0.15, -0.1) is 0 Å². The molecule has 7 heteroatoms. The average molecular weight is 279 g/mol. The quantitative estimate of drug-likeness (QED) is 0.579. The zero-order chi connectivity index (χ0) is 14.5. The van der Waals surface area contributed by atoms with Crippen LogP contribution in [0.1, 0.15) is 19.2 Å². The molecule has 0 aliphatic heterocycles. The minimum absolute atomic E-state index is 0.00844. The second kappa shape index (κ2) is 6.25. The van der Waals surface area contributed by atoms with E-state index in [2.05, 4.69) is 20.7 Å². The number of benzene rings is 1. The summed E-state index contributed by atoms with van der Waals surface area (Å²) in [4.78, 5) is 8.40. The number of halogens is 2. The van der Waals surface area contributed by atoms with E-state index in [4.69, 9.17) is 5.84 Å². The summed E-state index contributed by atoms with van der Waals surface area (Å²) in [6.07, 6.45) is 1.53. The molecule has 2 rings (SSSR count). The molecule has 0 saturated heterocycles. The first-order valence-corrected chi connectivity index (χ1v) is 6.19. The van der Waals surface area contributed by atoms with Crippen LogP contribution in [0.2, 0.25) is 0 Å². The Kier molecular flexibility index (Phi) is 4.41. The standard InChI is InChI=1S/C13H15F2N5/c1-2-3-11-18-12(7-13(19-11)20-16)17-10-6-8(14)4-5-9(10)15/h4-7H,2-3,16H2,1H3,(H2,17,18,19,20). The van der Waals surface area contributed by atoms with E-state index in [0.717, 1.165) is 24.6 Å². The molecule has 5 nitrogen and oxygen atoms in total. The molecule has 0 aliphatic carbocycles. The summed E-state index contributed by atoms with van der Waals surface area (Å²) in [7, 11) is 0. The fourth-order valence-corrected chi connectivity index (χ4v) is 1.70. The highest BCUT2D eigenvalue weighted by Crippen LogP contribution is 2.21. The van der Waals surface area contributed by atoms with Gasteiger partial charge in [0.15, 0.2) is 0 Å². The van der Waals surface area contributed by atoms with Gasteiger partial charge < -0.3 is 10.7 Å². The van der Waals surface area contributed by atoms with E-state index < -0.39 is 11.6 Å². The van der Waals surface area contributed by atoms with E-state index in [1.807, 2.05) is 6.92 Å². The van der Waals surface area contributed by atoms with E-state index in [1.165, 1.54) is 6.07 Å². The van der Waals surface area contributed by atoms with Crippen molar-refractivity contribution >= 4 is 17.3 Å². The van der Waals surface area contributed by atoms with Gasteiger partial charge in [-0.1, -0.05) is 6.92 Å². The van der Waals surface area contributed by atoms with Crippen molar-refractivity contribution in [1.82, 2.24) is 9.97 Å². The number of nitrogens with zero attached hydrogens (tertiary/aromatic N) is 2. The monoisotopic (exact) mass is 279 g/mol. The Morgan fingerprint density at radius 2 is 1.90 bits per heavy atom. The average Bonchev–Trinajstić information content (AvgIpc) is 2.43. The van der Waals surface area contributed by atoms with Crippen LogP contribution >= 0.6 is 0 Å². The van der Waals surface area contributed by atoms with E-state index in [-0.39, 0.29) is 5.69 Å². The Bertz CT molecular complexity index is 603. The third-order valence-electron chi connectivity index (χ3n) is 2.59. The van der Waals surface area contributed by atoms with Crippen molar-refractivity contribution in [3.8, 4) is 0 Å². The van der Waals surface area contributed by atoms with Crippen molar-refractivity contribution in [2.24, 2.45) is 5.84 Å². The lowest BCUT2D eigenvalue weighted by Crippen LogP contribution is -2.11. The molecule has 1 aromatic heterocycles. The van der Waals surface area contributed by atoms with Crippen molar-refractivity contribution in [2.75, 3.05) is 10.7 Å². The number of nitrogen functional groups attached to an aromatic ring is 1. The highest BCUT2D eigenvalue weighted by Gasteiger charge is 2.08. The van der Waals surface area contributed by atoms with Gasteiger partial charge in [0.05, 0.1) is 5.69 Å². The molecule has 0 radical (unpaired) electrons. The van der Waals surface area contributed by atoms with Crippen LogP contribution in [0, 0.1) is 11.6 Å². The summed E-state index contributed by atoms with van der Waals surface area (Å²) in [6.45, 7) is 1.99. The first-order chi connectivity index (χ1) is 9.62. The highest BCUT2D eigenvalue weighted by molar-refractivity contribution is 5.59. The van der Waals surface area contributed by atoms with Crippen molar-refractivity contribution in [3.63, 3.8) is 0 Å². The molecule has 0 spiro atoms. The SMILES string of the molecule is CCCc1nc(NN)cc(Nc2cc(F)ccc2F)n1. The van der Waals surface area contributed by atoms with Crippen LogP contribution in [-0.4, -0.2) is 9.97 Å².